The van der Waals surface area contributed by atoms with E-state index < -0.39 is 11.1 Å². The second-order valence-corrected chi connectivity index (χ2v) is 6.11. The highest BCUT2D eigenvalue weighted by Gasteiger charge is 2.11. The third-order valence-corrected chi connectivity index (χ3v) is 4.29. The first kappa shape index (κ1) is 19.1. The maximum absolute atomic E-state index is 12.3. The Hall–Kier alpha value is -3.68. The van der Waals surface area contributed by atoms with Crippen LogP contribution in [0.15, 0.2) is 58.1 Å². The van der Waals surface area contributed by atoms with Crippen molar-refractivity contribution in [3.8, 4) is 0 Å². The average molecular weight is 380 g/mol. The first-order valence-corrected chi connectivity index (χ1v) is 8.89. The van der Waals surface area contributed by atoms with Crippen molar-refractivity contribution < 1.29 is 9.59 Å². The summed E-state index contributed by atoms with van der Waals surface area (Å²) in [6.45, 7) is 2.65. The second-order valence-electron chi connectivity index (χ2n) is 6.11. The van der Waals surface area contributed by atoms with Crippen LogP contribution >= 0.6 is 0 Å². The van der Waals surface area contributed by atoms with Gasteiger partial charge in [0, 0.05) is 30.8 Å². The van der Waals surface area contributed by atoms with E-state index in [0.717, 1.165) is 0 Å². The fourth-order valence-corrected chi connectivity index (χ4v) is 2.88. The number of amides is 2. The fourth-order valence-electron chi connectivity index (χ4n) is 2.88. The lowest BCUT2D eigenvalue weighted by Gasteiger charge is -2.10. The van der Waals surface area contributed by atoms with E-state index in [1.807, 2.05) is 6.07 Å². The van der Waals surface area contributed by atoms with E-state index in [1.165, 1.54) is 10.6 Å². The minimum atomic E-state index is -0.726. The van der Waals surface area contributed by atoms with Gasteiger partial charge in [0.2, 0.25) is 0 Å². The molecule has 3 N–H and O–H groups in total. The molecule has 2 amide bonds. The number of aromatic nitrogens is 2. The number of carbonyl (C=O) groups is 2. The summed E-state index contributed by atoms with van der Waals surface area (Å²) in [6.07, 6.45) is 0. The van der Waals surface area contributed by atoms with E-state index in [0.29, 0.717) is 28.7 Å². The number of aryl methyl sites for hydroxylation is 1. The summed E-state index contributed by atoms with van der Waals surface area (Å²) in [4.78, 5) is 50.4. The van der Waals surface area contributed by atoms with Crippen LogP contribution in [0.3, 0.4) is 0 Å². The maximum atomic E-state index is 12.3. The average Bonchev–Trinajstić information content (AvgIpc) is 2.72. The standard InChI is InChI=1S/C20H20N4O4/c1-2-24-16-9-8-14(12-15(16)23-19(27)20(24)28)18(26)22-11-10-21-17(25)13-6-4-3-5-7-13/h3-9,12H,2,10-11H2,1H3,(H,21,25)(H,22,26)(H,23,27). The molecule has 2 aromatic carbocycles. The zero-order valence-corrected chi connectivity index (χ0v) is 15.3. The van der Waals surface area contributed by atoms with Gasteiger partial charge in [-0.15, -0.1) is 0 Å². The molecule has 0 saturated carbocycles. The lowest BCUT2D eigenvalue weighted by molar-refractivity contribution is 0.0928. The van der Waals surface area contributed by atoms with E-state index in [4.69, 9.17) is 0 Å². The van der Waals surface area contributed by atoms with Crippen molar-refractivity contribution in [2.75, 3.05) is 13.1 Å². The van der Waals surface area contributed by atoms with Crippen LogP contribution < -0.4 is 21.8 Å². The number of hydrogen-bond donors (Lipinski definition) is 3. The second kappa shape index (κ2) is 8.34. The summed E-state index contributed by atoms with van der Waals surface area (Å²) in [6, 6.07) is 13.5. The van der Waals surface area contributed by atoms with E-state index in [-0.39, 0.29) is 24.9 Å². The van der Waals surface area contributed by atoms with Gasteiger partial charge >= 0.3 is 11.1 Å². The highest BCUT2D eigenvalue weighted by Crippen LogP contribution is 2.11. The molecule has 0 radical (unpaired) electrons. The first-order chi connectivity index (χ1) is 13.5. The summed E-state index contributed by atoms with van der Waals surface area (Å²) in [5.74, 6) is -0.554. The number of nitrogens with one attached hydrogen (secondary N) is 3. The van der Waals surface area contributed by atoms with E-state index in [9.17, 15) is 19.2 Å². The highest BCUT2D eigenvalue weighted by atomic mass is 16.2. The summed E-state index contributed by atoms with van der Waals surface area (Å²) in [5, 5.41) is 5.44. The minimum absolute atomic E-state index is 0.212. The van der Waals surface area contributed by atoms with Gasteiger partial charge in [-0.2, -0.15) is 0 Å². The molecule has 0 atom stereocenters. The molecule has 28 heavy (non-hydrogen) atoms. The number of nitrogens with zero attached hydrogens (tertiary/aromatic N) is 1. The molecule has 8 nitrogen and oxygen atoms in total. The Labute approximate surface area is 160 Å². The predicted octanol–water partition coefficient (Wildman–Crippen LogP) is 0.870. The van der Waals surface area contributed by atoms with Gasteiger partial charge in [0.15, 0.2) is 0 Å². The van der Waals surface area contributed by atoms with Crippen LogP contribution in [-0.4, -0.2) is 34.5 Å². The van der Waals surface area contributed by atoms with Gasteiger partial charge in [-0.25, -0.2) is 0 Å². The van der Waals surface area contributed by atoms with Gasteiger partial charge in [0.1, 0.15) is 0 Å². The Bertz CT molecular complexity index is 1130. The van der Waals surface area contributed by atoms with E-state index >= 15 is 0 Å². The largest absolute Gasteiger partial charge is 0.350 e. The number of hydrogen-bond acceptors (Lipinski definition) is 4. The molecule has 0 aliphatic rings. The van der Waals surface area contributed by atoms with Crippen LogP contribution in [0, 0.1) is 0 Å². The lowest BCUT2D eigenvalue weighted by atomic mass is 10.1. The van der Waals surface area contributed by atoms with Crippen molar-refractivity contribution in [1.82, 2.24) is 20.2 Å². The SMILES string of the molecule is CCn1c(=O)c(=O)[nH]c2cc(C(=O)NCCNC(=O)c3ccccc3)ccc21. The van der Waals surface area contributed by atoms with Gasteiger partial charge < -0.3 is 20.2 Å². The Balaban J connectivity index is 1.64. The number of rotatable bonds is 6. The molecule has 0 unspecified atom stereocenters. The number of benzene rings is 2. The molecular formula is C20H20N4O4. The maximum Gasteiger partial charge on any atom is 0.316 e. The number of aromatic amines is 1. The predicted molar refractivity (Wildman–Crippen MR) is 106 cm³/mol. The molecule has 144 valence electrons. The monoisotopic (exact) mass is 380 g/mol. The molecule has 0 aliphatic carbocycles. The zero-order valence-electron chi connectivity index (χ0n) is 15.3. The molecule has 8 heteroatoms. The lowest BCUT2D eigenvalue weighted by Crippen LogP contribution is -2.36. The molecule has 0 spiro atoms. The van der Waals surface area contributed by atoms with Crippen LogP contribution in [0.2, 0.25) is 0 Å². The number of H-pyrrole nitrogens is 1. The smallest absolute Gasteiger partial charge is 0.316 e. The number of fused-ring (bicyclic) bond motifs is 1. The highest BCUT2D eigenvalue weighted by molar-refractivity contribution is 5.97. The molecule has 3 aromatic rings. The molecule has 0 saturated heterocycles. The first-order valence-electron chi connectivity index (χ1n) is 8.89. The van der Waals surface area contributed by atoms with Crippen molar-refractivity contribution in [3.63, 3.8) is 0 Å². The van der Waals surface area contributed by atoms with Crippen LogP contribution in [0.1, 0.15) is 27.6 Å². The van der Waals surface area contributed by atoms with Crippen molar-refractivity contribution in [2.24, 2.45) is 0 Å². The molecule has 0 fully saturated rings. The van der Waals surface area contributed by atoms with Crippen LogP contribution in [0.4, 0.5) is 0 Å². The summed E-state index contributed by atoms with van der Waals surface area (Å²) < 4.78 is 1.36. The normalized spacial score (nSPS) is 10.6. The quantitative estimate of drug-likeness (QED) is 0.435. The van der Waals surface area contributed by atoms with Crippen molar-refractivity contribution in [1.29, 1.82) is 0 Å². The molecule has 1 aromatic heterocycles. The van der Waals surface area contributed by atoms with E-state index in [1.54, 1.807) is 43.3 Å². The summed E-state index contributed by atoms with van der Waals surface area (Å²) >= 11 is 0. The minimum Gasteiger partial charge on any atom is -0.350 e. The molecule has 1 heterocycles. The van der Waals surface area contributed by atoms with Gasteiger partial charge in [-0.3, -0.25) is 19.2 Å². The van der Waals surface area contributed by atoms with Crippen molar-refractivity contribution in [3.05, 3.63) is 80.4 Å². The number of carbonyl (C=O) groups excluding carboxylic acids is 2. The van der Waals surface area contributed by atoms with Crippen LogP contribution in [0.5, 0.6) is 0 Å². The summed E-state index contributed by atoms with van der Waals surface area (Å²) in [7, 11) is 0. The molecular weight excluding hydrogens is 360 g/mol. The summed E-state index contributed by atoms with van der Waals surface area (Å²) in [5.41, 5.74) is 0.514. The molecule has 3 rings (SSSR count). The van der Waals surface area contributed by atoms with Gasteiger partial charge in [0.05, 0.1) is 11.0 Å². The third kappa shape index (κ3) is 4.01. The molecule has 0 aliphatic heterocycles. The third-order valence-electron chi connectivity index (χ3n) is 4.29. The van der Waals surface area contributed by atoms with E-state index in [2.05, 4.69) is 15.6 Å². The van der Waals surface area contributed by atoms with Crippen molar-refractivity contribution >= 4 is 22.8 Å². The van der Waals surface area contributed by atoms with Gasteiger partial charge in [-0.05, 0) is 37.3 Å². The van der Waals surface area contributed by atoms with Gasteiger partial charge in [0.25, 0.3) is 11.8 Å². The Morgan fingerprint density at radius 2 is 1.57 bits per heavy atom. The fraction of sp³-hybridized carbons (Fsp3) is 0.200. The van der Waals surface area contributed by atoms with Crippen molar-refractivity contribution in [2.45, 2.75) is 13.5 Å². The Kier molecular flexibility index (Phi) is 5.69. The van der Waals surface area contributed by atoms with Crippen LogP contribution in [0.25, 0.3) is 11.0 Å². The van der Waals surface area contributed by atoms with Crippen LogP contribution in [-0.2, 0) is 6.54 Å². The Morgan fingerprint density at radius 1 is 0.929 bits per heavy atom. The Morgan fingerprint density at radius 3 is 2.21 bits per heavy atom. The zero-order chi connectivity index (χ0) is 20.1. The van der Waals surface area contributed by atoms with Gasteiger partial charge in [-0.1, -0.05) is 18.2 Å². The molecule has 0 bridgehead atoms. The topological polar surface area (TPSA) is 113 Å².